The second-order valence-corrected chi connectivity index (χ2v) is 4.70. The molecule has 1 heterocycles. The summed E-state index contributed by atoms with van der Waals surface area (Å²) in [7, 11) is 0. The first-order valence-corrected chi connectivity index (χ1v) is 5.96. The topological polar surface area (TPSA) is 33.1 Å². The van der Waals surface area contributed by atoms with E-state index >= 15 is 0 Å². The van der Waals surface area contributed by atoms with E-state index in [1.165, 1.54) is 0 Å². The molecule has 0 amide bonds. The van der Waals surface area contributed by atoms with Gasteiger partial charge in [-0.1, -0.05) is 34.8 Å². The monoisotopic (exact) mass is 287 g/mol. The van der Waals surface area contributed by atoms with Crippen LogP contribution in [-0.2, 0) is 6.61 Å². The summed E-state index contributed by atoms with van der Waals surface area (Å²) in [6.45, 7) is -0.194. The first kappa shape index (κ1) is 12.7. The Kier molecular flexibility index (Phi) is 3.89. The van der Waals surface area contributed by atoms with Crippen LogP contribution >= 0.6 is 34.8 Å². The Morgan fingerprint density at radius 1 is 1.00 bits per heavy atom. The average Bonchev–Trinajstić information content (AvgIpc) is 2.27. The summed E-state index contributed by atoms with van der Waals surface area (Å²) in [6, 6.07) is 8.61. The highest BCUT2D eigenvalue weighted by Gasteiger charge is 2.08. The highest BCUT2D eigenvalue weighted by Crippen LogP contribution is 2.29. The lowest BCUT2D eigenvalue weighted by Crippen LogP contribution is -1.94. The highest BCUT2D eigenvalue weighted by molar-refractivity contribution is 6.35. The average molecular weight is 289 g/mol. The van der Waals surface area contributed by atoms with Crippen LogP contribution in [0.3, 0.4) is 0 Å². The van der Waals surface area contributed by atoms with Gasteiger partial charge in [-0.05, 0) is 35.9 Å². The van der Waals surface area contributed by atoms with Crippen molar-refractivity contribution in [2.75, 3.05) is 0 Å². The van der Waals surface area contributed by atoms with Crippen molar-refractivity contribution in [1.82, 2.24) is 4.98 Å². The smallest absolute Gasteiger partial charge is 0.129 e. The molecular formula is C12H8Cl3NO. The molecule has 17 heavy (non-hydrogen) atoms. The van der Waals surface area contributed by atoms with Crippen LogP contribution < -0.4 is 0 Å². The second kappa shape index (κ2) is 5.23. The van der Waals surface area contributed by atoms with E-state index in [-0.39, 0.29) is 6.61 Å². The molecule has 1 N–H and O–H groups in total. The SMILES string of the molecule is OCc1nc(Cl)ccc1-c1cc(Cl)cc(Cl)c1. The number of nitrogens with zero attached hydrogens (tertiary/aromatic N) is 1. The van der Waals surface area contributed by atoms with Crippen LogP contribution in [0.1, 0.15) is 5.69 Å². The van der Waals surface area contributed by atoms with Crippen molar-refractivity contribution in [1.29, 1.82) is 0 Å². The lowest BCUT2D eigenvalue weighted by molar-refractivity contribution is 0.277. The van der Waals surface area contributed by atoms with Crippen LogP contribution in [0.2, 0.25) is 15.2 Å². The number of aliphatic hydroxyl groups is 1. The van der Waals surface area contributed by atoms with E-state index in [0.29, 0.717) is 20.9 Å². The van der Waals surface area contributed by atoms with Gasteiger partial charge in [0.25, 0.3) is 0 Å². The molecule has 88 valence electrons. The second-order valence-electron chi connectivity index (χ2n) is 3.44. The fourth-order valence-corrected chi connectivity index (χ4v) is 2.26. The van der Waals surface area contributed by atoms with Crippen molar-refractivity contribution in [3.63, 3.8) is 0 Å². The van der Waals surface area contributed by atoms with Crippen molar-refractivity contribution >= 4 is 34.8 Å². The number of pyridine rings is 1. The molecule has 0 bridgehead atoms. The van der Waals surface area contributed by atoms with Gasteiger partial charge >= 0.3 is 0 Å². The van der Waals surface area contributed by atoms with Gasteiger partial charge in [0, 0.05) is 15.6 Å². The van der Waals surface area contributed by atoms with Crippen molar-refractivity contribution in [3.05, 3.63) is 51.2 Å². The molecule has 0 saturated heterocycles. The molecule has 0 atom stereocenters. The molecule has 0 spiro atoms. The van der Waals surface area contributed by atoms with E-state index in [2.05, 4.69) is 4.98 Å². The quantitative estimate of drug-likeness (QED) is 0.840. The third kappa shape index (κ3) is 2.90. The van der Waals surface area contributed by atoms with Gasteiger partial charge in [0.2, 0.25) is 0 Å². The first-order valence-electron chi connectivity index (χ1n) is 4.83. The first-order chi connectivity index (χ1) is 8.10. The fraction of sp³-hybridized carbons (Fsp3) is 0.0833. The molecule has 0 radical (unpaired) electrons. The molecule has 2 nitrogen and oxygen atoms in total. The van der Waals surface area contributed by atoms with Gasteiger partial charge in [-0.25, -0.2) is 4.98 Å². The Bertz CT molecular complexity index is 537. The minimum atomic E-state index is -0.194. The molecule has 0 saturated carbocycles. The van der Waals surface area contributed by atoms with Crippen LogP contribution in [0, 0.1) is 0 Å². The number of benzene rings is 1. The van der Waals surface area contributed by atoms with E-state index in [0.717, 1.165) is 11.1 Å². The Hall–Kier alpha value is -0.800. The normalized spacial score (nSPS) is 10.6. The molecule has 0 unspecified atom stereocenters. The minimum Gasteiger partial charge on any atom is -0.390 e. The van der Waals surface area contributed by atoms with Gasteiger partial charge < -0.3 is 5.11 Å². The van der Waals surface area contributed by atoms with Crippen LogP contribution in [0.15, 0.2) is 30.3 Å². The Labute approximate surface area is 114 Å². The van der Waals surface area contributed by atoms with Crippen molar-refractivity contribution in [3.8, 4) is 11.1 Å². The predicted molar refractivity (Wildman–Crippen MR) is 70.6 cm³/mol. The molecule has 5 heteroatoms. The van der Waals surface area contributed by atoms with Crippen molar-refractivity contribution < 1.29 is 5.11 Å². The summed E-state index contributed by atoms with van der Waals surface area (Å²) in [4.78, 5) is 4.06. The Morgan fingerprint density at radius 2 is 1.65 bits per heavy atom. The number of hydrogen-bond acceptors (Lipinski definition) is 2. The zero-order valence-corrected chi connectivity index (χ0v) is 10.9. The number of aliphatic hydroxyl groups excluding tert-OH is 1. The minimum absolute atomic E-state index is 0.194. The van der Waals surface area contributed by atoms with Gasteiger partial charge in [0.05, 0.1) is 12.3 Å². The number of hydrogen-bond donors (Lipinski definition) is 1. The Morgan fingerprint density at radius 3 is 2.24 bits per heavy atom. The van der Waals surface area contributed by atoms with Gasteiger partial charge in [0.15, 0.2) is 0 Å². The lowest BCUT2D eigenvalue weighted by Gasteiger charge is -2.08. The standard InChI is InChI=1S/C12H8Cl3NO/c13-8-3-7(4-9(14)5-8)10-1-2-12(15)16-11(10)6-17/h1-5,17H,6H2. The summed E-state index contributed by atoms with van der Waals surface area (Å²) < 4.78 is 0. The lowest BCUT2D eigenvalue weighted by atomic mass is 10.0. The predicted octanol–water partition coefficient (Wildman–Crippen LogP) is 4.20. The van der Waals surface area contributed by atoms with Gasteiger partial charge in [0.1, 0.15) is 5.15 Å². The van der Waals surface area contributed by atoms with E-state index in [1.54, 1.807) is 30.3 Å². The van der Waals surface area contributed by atoms with Crippen LogP contribution in [0.4, 0.5) is 0 Å². The van der Waals surface area contributed by atoms with E-state index in [1.807, 2.05) is 0 Å². The number of rotatable bonds is 2. The molecule has 0 fully saturated rings. The van der Waals surface area contributed by atoms with E-state index in [4.69, 9.17) is 34.8 Å². The maximum atomic E-state index is 9.26. The summed E-state index contributed by atoms with van der Waals surface area (Å²) in [5, 5.41) is 10.7. The van der Waals surface area contributed by atoms with E-state index in [9.17, 15) is 5.11 Å². The summed E-state index contributed by atoms with van der Waals surface area (Å²) in [5.74, 6) is 0. The van der Waals surface area contributed by atoms with Crippen LogP contribution in [-0.4, -0.2) is 10.1 Å². The molecular weight excluding hydrogens is 280 g/mol. The summed E-state index contributed by atoms with van der Waals surface area (Å²) >= 11 is 17.6. The number of halogens is 3. The summed E-state index contributed by atoms with van der Waals surface area (Å²) in [5.41, 5.74) is 2.06. The van der Waals surface area contributed by atoms with Gasteiger partial charge in [-0.2, -0.15) is 0 Å². The third-order valence-electron chi connectivity index (χ3n) is 2.26. The van der Waals surface area contributed by atoms with Crippen molar-refractivity contribution in [2.45, 2.75) is 6.61 Å². The maximum absolute atomic E-state index is 9.26. The molecule has 0 aliphatic carbocycles. The van der Waals surface area contributed by atoms with Gasteiger partial charge in [-0.3, -0.25) is 0 Å². The zero-order chi connectivity index (χ0) is 12.4. The highest BCUT2D eigenvalue weighted by atomic mass is 35.5. The zero-order valence-electron chi connectivity index (χ0n) is 8.62. The summed E-state index contributed by atoms with van der Waals surface area (Å²) in [6.07, 6.45) is 0. The Balaban J connectivity index is 2.59. The van der Waals surface area contributed by atoms with E-state index < -0.39 is 0 Å². The fourth-order valence-electron chi connectivity index (χ4n) is 1.57. The third-order valence-corrected chi connectivity index (χ3v) is 2.91. The molecule has 0 aliphatic heterocycles. The molecule has 2 rings (SSSR count). The van der Waals surface area contributed by atoms with Crippen LogP contribution in [0.5, 0.6) is 0 Å². The maximum Gasteiger partial charge on any atom is 0.129 e. The largest absolute Gasteiger partial charge is 0.390 e. The van der Waals surface area contributed by atoms with Crippen molar-refractivity contribution in [2.24, 2.45) is 0 Å². The molecule has 2 aromatic rings. The van der Waals surface area contributed by atoms with Gasteiger partial charge in [-0.15, -0.1) is 0 Å². The van der Waals surface area contributed by atoms with Crippen LogP contribution in [0.25, 0.3) is 11.1 Å². The molecule has 1 aromatic carbocycles. The number of aromatic nitrogens is 1. The molecule has 1 aromatic heterocycles. The molecule has 0 aliphatic rings.